The maximum absolute atomic E-state index is 10.4. The van der Waals surface area contributed by atoms with Gasteiger partial charge in [-0.1, -0.05) is 44.2 Å². The smallest absolute Gasteiger partial charge is 0.132 e. The number of rotatable bonds is 12. The summed E-state index contributed by atoms with van der Waals surface area (Å²) in [6.45, 7) is 7.21. The zero-order valence-corrected chi connectivity index (χ0v) is 25.0. The molecule has 0 saturated carbocycles. The van der Waals surface area contributed by atoms with Gasteiger partial charge in [-0.25, -0.2) is 4.68 Å². The van der Waals surface area contributed by atoms with E-state index in [1.807, 2.05) is 18.2 Å². The molecule has 2 unspecified atom stereocenters. The third-order valence-electron chi connectivity index (χ3n) is 5.73. The molecule has 1 heterocycles. The van der Waals surface area contributed by atoms with Crippen molar-refractivity contribution in [3.05, 3.63) is 66.6 Å². The van der Waals surface area contributed by atoms with Crippen LogP contribution in [0.1, 0.15) is 37.6 Å². The summed E-state index contributed by atoms with van der Waals surface area (Å²) < 4.78 is 14.9. The fraction of sp³-hybridized carbons (Fsp3) is 0.440. The van der Waals surface area contributed by atoms with E-state index in [0.717, 1.165) is 14.9 Å². The molecule has 0 aliphatic heterocycles. The van der Waals surface area contributed by atoms with Crippen LogP contribution in [-0.2, 0) is 18.6 Å². The van der Waals surface area contributed by atoms with Crippen molar-refractivity contribution in [2.24, 2.45) is 5.92 Å². The summed E-state index contributed by atoms with van der Waals surface area (Å²) >= 11 is 10.2. The average Bonchev–Trinajstić information content (AvgIpc) is 3.20. The fourth-order valence-corrected chi connectivity index (χ4v) is 4.75. The van der Waals surface area contributed by atoms with Crippen LogP contribution in [0.3, 0.4) is 0 Å². The largest absolute Gasteiger partial charge is 0.493 e. The first-order chi connectivity index (χ1) is 16.6. The van der Waals surface area contributed by atoms with Crippen molar-refractivity contribution in [1.29, 1.82) is 0 Å². The SMILES string of the molecule is CC(CCl)COc1ccc(C(C)(C)c2ccc(OCC(O)Cn3nnc(CO)c3I)c([123I])c2)cc1. The Hall–Kier alpha value is -1.15. The Balaban J connectivity index is 1.62. The molecule has 2 N–H and O–H groups in total. The number of hydrogen-bond acceptors (Lipinski definition) is 6. The molecule has 3 aromatic rings. The highest BCUT2D eigenvalue weighted by atomic mass is 127. The lowest BCUT2D eigenvalue weighted by atomic mass is 9.78. The van der Waals surface area contributed by atoms with E-state index in [-0.39, 0.29) is 25.2 Å². The molecule has 3 rings (SSSR count). The number of nitrogens with zero attached hydrogens (tertiary/aromatic N) is 3. The molecule has 7 nitrogen and oxygen atoms in total. The molecule has 1 aromatic heterocycles. The van der Waals surface area contributed by atoms with E-state index >= 15 is 0 Å². The molecule has 10 heteroatoms. The summed E-state index contributed by atoms with van der Waals surface area (Å²) in [6, 6.07) is 14.3. The van der Waals surface area contributed by atoms with Crippen molar-refractivity contribution in [1.82, 2.24) is 15.0 Å². The molecule has 0 radical (unpaired) electrons. The lowest BCUT2D eigenvalue weighted by Crippen LogP contribution is -2.25. The normalized spacial score (nSPS) is 13.5. The summed E-state index contributed by atoms with van der Waals surface area (Å²) in [6.07, 6.45) is -0.767. The van der Waals surface area contributed by atoms with Gasteiger partial charge in [0, 0.05) is 17.2 Å². The first kappa shape index (κ1) is 28.4. The van der Waals surface area contributed by atoms with E-state index in [9.17, 15) is 10.2 Å². The standard InChI is InChI=1S/C25H30ClI2N3O4/c1-16(11-26)14-34-20-7-4-17(5-8-20)25(2,3)18-6-9-23(21(27)10-18)35-15-19(33)12-31-24(28)22(13-32)29-30-31/h4-10,16,19,32-33H,11-15H2,1-3H3/i27-4. The number of alkyl halides is 1. The first-order valence-electron chi connectivity index (χ1n) is 11.2. The van der Waals surface area contributed by atoms with E-state index in [1.165, 1.54) is 5.56 Å². The zero-order valence-electron chi connectivity index (χ0n) is 19.9. The van der Waals surface area contributed by atoms with Crippen molar-refractivity contribution in [2.45, 2.75) is 45.4 Å². The second-order valence-electron chi connectivity index (χ2n) is 9.00. The minimum Gasteiger partial charge on any atom is -0.493 e. The van der Waals surface area contributed by atoms with Crippen LogP contribution in [0.5, 0.6) is 11.5 Å². The van der Waals surface area contributed by atoms with Crippen LogP contribution in [0.15, 0.2) is 42.5 Å². The van der Waals surface area contributed by atoms with Gasteiger partial charge in [-0.05, 0) is 80.6 Å². The van der Waals surface area contributed by atoms with E-state index in [0.29, 0.717) is 33.5 Å². The lowest BCUT2D eigenvalue weighted by molar-refractivity contribution is 0.0877. The highest BCUT2D eigenvalue weighted by Crippen LogP contribution is 2.35. The molecule has 35 heavy (non-hydrogen) atoms. The molecule has 0 bridgehead atoms. The van der Waals surface area contributed by atoms with Gasteiger partial charge in [0.05, 0.1) is 23.3 Å². The van der Waals surface area contributed by atoms with Gasteiger partial charge in [0.25, 0.3) is 0 Å². The van der Waals surface area contributed by atoms with Crippen molar-refractivity contribution in [3.8, 4) is 11.5 Å². The highest BCUT2D eigenvalue weighted by molar-refractivity contribution is 14.1. The lowest BCUT2D eigenvalue weighted by Gasteiger charge is -2.27. The van der Waals surface area contributed by atoms with Crippen LogP contribution in [-0.4, -0.2) is 50.4 Å². The van der Waals surface area contributed by atoms with E-state index in [1.54, 1.807) is 4.68 Å². The van der Waals surface area contributed by atoms with Crippen molar-refractivity contribution in [2.75, 3.05) is 19.1 Å². The van der Waals surface area contributed by atoms with Gasteiger partial charge < -0.3 is 19.7 Å². The van der Waals surface area contributed by atoms with Crippen LogP contribution >= 0.6 is 56.8 Å². The molecule has 0 fully saturated rings. The number of aliphatic hydroxyl groups is 2. The van der Waals surface area contributed by atoms with Crippen LogP contribution < -0.4 is 9.47 Å². The number of benzene rings is 2. The predicted octanol–water partition coefficient (Wildman–Crippen LogP) is 5.00. The summed E-state index contributed by atoms with van der Waals surface area (Å²) in [4.78, 5) is 0. The third kappa shape index (κ3) is 7.43. The third-order valence-corrected chi connectivity index (χ3v) is 8.28. The number of aromatic nitrogens is 3. The van der Waals surface area contributed by atoms with Gasteiger partial charge in [0.1, 0.15) is 33.6 Å². The molecular weight excluding hydrogens is 692 g/mol. The number of hydrogen-bond donors (Lipinski definition) is 2. The van der Waals surface area contributed by atoms with E-state index in [4.69, 9.17) is 21.1 Å². The maximum Gasteiger partial charge on any atom is 0.132 e. The Morgan fingerprint density at radius 2 is 1.80 bits per heavy atom. The molecule has 0 aliphatic rings. The molecule has 0 aliphatic carbocycles. The summed E-state index contributed by atoms with van der Waals surface area (Å²) in [5, 5.41) is 27.5. The van der Waals surface area contributed by atoms with E-state index < -0.39 is 6.10 Å². The second-order valence-corrected chi connectivity index (χ2v) is 11.5. The Labute approximate surface area is 238 Å². The Bertz CT molecular complexity index is 1110. The topological polar surface area (TPSA) is 89.6 Å². The second kappa shape index (κ2) is 12.9. The van der Waals surface area contributed by atoms with Gasteiger partial charge in [0.2, 0.25) is 0 Å². The minimum atomic E-state index is -0.767. The van der Waals surface area contributed by atoms with Gasteiger partial charge in [0.15, 0.2) is 0 Å². The Kier molecular flexibility index (Phi) is 10.5. The zero-order chi connectivity index (χ0) is 25.6. The highest BCUT2D eigenvalue weighted by Gasteiger charge is 2.24. The van der Waals surface area contributed by atoms with Gasteiger partial charge in [-0.2, -0.15) is 0 Å². The van der Waals surface area contributed by atoms with Gasteiger partial charge >= 0.3 is 0 Å². The Morgan fingerprint density at radius 3 is 2.40 bits per heavy atom. The monoisotopic (exact) mass is 721 g/mol. The van der Waals surface area contributed by atoms with Crippen LogP contribution in [0, 0.1) is 13.2 Å². The van der Waals surface area contributed by atoms with Crippen LogP contribution in [0.4, 0.5) is 0 Å². The average molecular weight is 722 g/mol. The molecule has 2 atom stereocenters. The molecule has 0 saturated heterocycles. The number of halogens is 3. The van der Waals surface area contributed by atoms with Crippen molar-refractivity contribution in [3.63, 3.8) is 0 Å². The van der Waals surface area contributed by atoms with Crippen LogP contribution in [0.25, 0.3) is 0 Å². The molecular formula is C25H30ClI2N3O4. The first-order valence-corrected chi connectivity index (χ1v) is 13.9. The molecule has 0 spiro atoms. The molecule has 0 amide bonds. The quantitative estimate of drug-likeness (QED) is 0.202. The summed E-state index contributed by atoms with van der Waals surface area (Å²) in [5.74, 6) is 2.44. The fourth-order valence-electron chi connectivity index (χ4n) is 3.41. The molecule has 2 aromatic carbocycles. The van der Waals surface area contributed by atoms with Crippen molar-refractivity contribution < 1.29 is 19.7 Å². The van der Waals surface area contributed by atoms with E-state index in [2.05, 4.69) is 101 Å². The van der Waals surface area contributed by atoms with Crippen molar-refractivity contribution >= 4 is 56.8 Å². The minimum absolute atomic E-state index is 0.118. The number of aliphatic hydroxyl groups excluding tert-OH is 2. The van der Waals surface area contributed by atoms with Crippen LogP contribution in [0.2, 0.25) is 0 Å². The molecule has 190 valence electrons. The maximum atomic E-state index is 10.4. The van der Waals surface area contributed by atoms with Gasteiger partial charge in [-0.15, -0.1) is 16.7 Å². The van der Waals surface area contributed by atoms with Gasteiger partial charge in [-0.3, -0.25) is 0 Å². The Morgan fingerprint density at radius 1 is 1.11 bits per heavy atom. The summed E-state index contributed by atoms with van der Waals surface area (Å²) in [7, 11) is 0. The summed E-state index contributed by atoms with van der Waals surface area (Å²) in [5.41, 5.74) is 2.62. The predicted molar refractivity (Wildman–Crippen MR) is 153 cm³/mol. The number of ether oxygens (including phenoxy) is 2.